The van der Waals surface area contributed by atoms with Gasteiger partial charge in [0.25, 0.3) is 10.0 Å². The minimum absolute atomic E-state index is 0.0837. The summed E-state index contributed by atoms with van der Waals surface area (Å²) in [7, 11) is -4.32. The summed E-state index contributed by atoms with van der Waals surface area (Å²) >= 11 is 6.05. The highest BCUT2D eigenvalue weighted by molar-refractivity contribution is 7.92. The number of hydrogen-bond donors (Lipinski definition) is 1. The lowest BCUT2D eigenvalue weighted by Gasteiger charge is -2.34. The fourth-order valence-electron chi connectivity index (χ4n) is 4.94. The van der Waals surface area contributed by atoms with Gasteiger partial charge < -0.3 is 15.0 Å². The molecular formula is C36H39ClFN3O5S. The van der Waals surface area contributed by atoms with Crippen LogP contribution in [0.25, 0.3) is 0 Å². The Morgan fingerprint density at radius 1 is 0.894 bits per heavy atom. The minimum atomic E-state index is -4.32. The summed E-state index contributed by atoms with van der Waals surface area (Å²) in [5.41, 5.74) is 1.16. The molecule has 0 spiro atoms. The van der Waals surface area contributed by atoms with Crippen LogP contribution in [0.1, 0.15) is 38.3 Å². The van der Waals surface area contributed by atoms with Crippen molar-refractivity contribution in [2.75, 3.05) is 17.5 Å². The number of hydrogen-bond acceptors (Lipinski definition) is 5. The van der Waals surface area contributed by atoms with Gasteiger partial charge in [0.05, 0.1) is 17.2 Å². The third kappa shape index (κ3) is 9.33. The number of ether oxygens (including phenoxy) is 1. The molecule has 0 aliphatic carbocycles. The molecule has 0 heterocycles. The quantitative estimate of drug-likeness (QED) is 0.152. The van der Waals surface area contributed by atoms with Crippen molar-refractivity contribution in [1.82, 2.24) is 10.2 Å². The highest BCUT2D eigenvalue weighted by Gasteiger charge is 2.35. The number of benzene rings is 4. The van der Waals surface area contributed by atoms with Crippen molar-refractivity contribution < 1.29 is 27.1 Å². The van der Waals surface area contributed by atoms with Crippen LogP contribution in [0.4, 0.5) is 10.1 Å². The Labute approximate surface area is 281 Å². The summed E-state index contributed by atoms with van der Waals surface area (Å²) in [6.07, 6.45) is 0.770. The Kier molecular flexibility index (Phi) is 12.4. The van der Waals surface area contributed by atoms with E-state index >= 15 is 4.39 Å². The van der Waals surface area contributed by atoms with Gasteiger partial charge in [-0.3, -0.25) is 13.9 Å². The van der Waals surface area contributed by atoms with Crippen LogP contribution >= 0.6 is 11.6 Å². The van der Waals surface area contributed by atoms with E-state index in [0.29, 0.717) is 23.8 Å². The van der Waals surface area contributed by atoms with Gasteiger partial charge in [-0.15, -0.1) is 0 Å². The van der Waals surface area contributed by atoms with Gasteiger partial charge in [0.2, 0.25) is 11.8 Å². The van der Waals surface area contributed by atoms with Crippen molar-refractivity contribution in [3.8, 4) is 5.75 Å². The third-order valence-electron chi connectivity index (χ3n) is 7.69. The van der Waals surface area contributed by atoms with Gasteiger partial charge in [-0.1, -0.05) is 67.1 Å². The second-order valence-electron chi connectivity index (χ2n) is 11.0. The van der Waals surface area contributed by atoms with Crippen LogP contribution in [0.5, 0.6) is 5.75 Å². The van der Waals surface area contributed by atoms with Gasteiger partial charge in [0.1, 0.15) is 24.2 Å². The molecule has 0 bridgehead atoms. The molecule has 11 heteroatoms. The minimum Gasteiger partial charge on any atom is -0.494 e. The molecule has 0 saturated carbocycles. The van der Waals surface area contributed by atoms with Crippen molar-refractivity contribution in [1.29, 1.82) is 0 Å². The molecule has 0 saturated heterocycles. The standard InChI is InChI=1S/C36H39ClFN3O5S/c1-4-26(3)39-36(43)34(23-27-11-7-6-8-12-27)40(24-28-13-9-10-14-33(28)38)35(42)25-41(30-17-19-31(20-18-30)46-5-2)47(44,45)32-21-15-29(37)16-22-32/h6-22,26,34H,4-5,23-25H2,1-3H3,(H,39,43). The van der Waals surface area contributed by atoms with Crippen molar-refractivity contribution in [2.45, 2.75) is 57.1 Å². The van der Waals surface area contributed by atoms with Crippen molar-refractivity contribution in [3.63, 3.8) is 0 Å². The molecule has 4 aromatic carbocycles. The Morgan fingerprint density at radius 2 is 1.53 bits per heavy atom. The van der Waals surface area contributed by atoms with Crippen molar-refractivity contribution in [3.05, 3.63) is 125 Å². The molecule has 47 heavy (non-hydrogen) atoms. The molecule has 1 N–H and O–H groups in total. The second kappa shape index (κ2) is 16.4. The summed E-state index contributed by atoms with van der Waals surface area (Å²) in [6, 6.07) is 25.8. The van der Waals surface area contributed by atoms with Gasteiger partial charge in [-0.2, -0.15) is 0 Å². The monoisotopic (exact) mass is 679 g/mol. The molecule has 0 aliphatic heterocycles. The number of carbonyl (C=O) groups excluding carboxylic acids is 2. The average molecular weight is 680 g/mol. The van der Waals surface area contributed by atoms with E-state index in [-0.39, 0.29) is 35.2 Å². The van der Waals surface area contributed by atoms with Crippen molar-refractivity contribution >= 4 is 39.1 Å². The molecule has 0 radical (unpaired) electrons. The summed E-state index contributed by atoms with van der Waals surface area (Å²) in [4.78, 5) is 29.6. The number of sulfonamides is 1. The zero-order valence-electron chi connectivity index (χ0n) is 26.6. The van der Waals surface area contributed by atoms with Gasteiger partial charge in [0.15, 0.2) is 0 Å². The normalized spacial score (nSPS) is 12.5. The van der Waals surface area contributed by atoms with Gasteiger partial charge in [-0.05, 0) is 80.4 Å². The van der Waals surface area contributed by atoms with Crippen LogP contribution in [0.2, 0.25) is 5.02 Å². The van der Waals surface area contributed by atoms with Gasteiger partial charge >= 0.3 is 0 Å². The summed E-state index contributed by atoms with van der Waals surface area (Å²) in [6.45, 7) is 5.08. The smallest absolute Gasteiger partial charge is 0.264 e. The fourth-order valence-corrected chi connectivity index (χ4v) is 6.48. The number of carbonyl (C=O) groups is 2. The van der Waals surface area contributed by atoms with Crippen LogP contribution in [0.3, 0.4) is 0 Å². The molecule has 2 amide bonds. The number of halogens is 2. The van der Waals surface area contributed by atoms with E-state index in [4.69, 9.17) is 16.3 Å². The molecule has 0 aliphatic rings. The number of nitrogens with one attached hydrogen (secondary N) is 1. The molecule has 4 aromatic rings. The maximum atomic E-state index is 15.1. The average Bonchev–Trinajstić information content (AvgIpc) is 3.07. The van der Waals surface area contributed by atoms with E-state index in [1.165, 1.54) is 47.4 Å². The maximum Gasteiger partial charge on any atom is 0.264 e. The van der Waals surface area contributed by atoms with E-state index in [2.05, 4.69) is 5.32 Å². The first-order valence-electron chi connectivity index (χ1n) is 15.4. The summed E-state index contributed by atoms with van der Waals surface area (Å²) < 4.78 is 49.9. The molecule has 0 fully saturated rings. The second-order valence-corrected chi connectivity index (χ2v) is 13.3. The Balaban J connectivity index is 1.81. The maximum absolute atomic E-state index is 15.1. The van der Waals surface area contributed by atoms with Gasteiger partial charge in [0, 0.05) is 29.6 Å². The number of amides is 2. The third-order valence-corrected chi connectivity index (χ3v) is 9.73. The topological polar surface area (TPSA) is 96.0 Å². The lowest BCUT2D eigenvalue weighted by molar-refractivity contribution is -0.140. The Morgan fingerprint density at radius 3 is 2.15 bits per heavy atom. The lowest BCUT2D eigenvalue weighted by atomic mass is 10.0. The Bertz CT molecular complexity index is 1740. The molecule has 8 nitrogen and oxygen atoms in total. The number of nitrogens with zero attached hydrogens (tertiary/aromatic N) is 2. The predicted octanol–water partition coefficient (Wildman–Crippen LogP) is 6.63. The van der Waals surface area contributed by atoms with Crippen LogP contribution < -0.4 is 14.4 Å². The van der Waals surface area contributed by atoms with Gasteiger partial charge in [-0.25, -0.2) is 12.8 Å². The lowest BCUT2D eigenvalue weighted by Crippen LogP contribution is -2.54. The highest BCUT2D eigenvalue weighted by Crippen LogP contribution is 2.28. The molecule has 0 aromatic heterocycles. The first kappa shape index (κ1) is 35.4. The molecule has 4 rings (SSSR count). The van der Waals surface area contributed by atoms with E-state index in [1.54, 1.807) is 30.3 Å². The van der Waals surface area contributed by atoms with Crippen LogP contribution in [0.15, 0.2) is 108 Å². The van der Waals surface area contributed by atoms with E-state index in [0.717, 1.165) is 9.87 Å². The highest BCUT2D eigenvalue weighted by atomic mass is 35.5. The largest absolute Gasteiger partial charge is 0.494 e. The van der Waals surface area contributed by atoms with Crippen molar-refractivity contribution in [2.24, 2.45) is 0 Å². The molecule has 2 unspecified atom stereocenters. The summed E-state index contributed by atoms with van der Waals surface area (Å²) in [5.74, 6) is -1.15. The van der Waals surface area contributed by atoms with Crippen LogP contribution in [-0.4, -0.2) is 50.4 Å². The number of anilines is 1. The summed E-state index contributed by atoms with van der Waals surface area (Å²) in [5, 5.41) is 3.31. The van der Waals surface area contributed by atoms with E-state index in [1.807, 2.05) is 51.1 Å². The van der Waals surface area contributed by atoms with Crippen LogP contribution in [-0.2, 0) is 32.6 Å². The molecule has 248 valence electrons. The zero-order chi connectivity index (χ0) is 34.0. The van der Waals surface area contributed by atoms with E-state index in [9.17, 15) is 18.0 Å². The molecular weight excluding hydrogens is 641 g/mol. The first-order valence-corrected chi connectivity index (χ1v) is 17.2. The van der Waals surface area contributed by atoms with Crippen LogP contribution in [0, 0.1) is 5.82 Å². The molecule has 2 atom stereocenters. The SMILES string of the molecule is CCOc1ccc(N(CC(=O)N(Cc2ccccc2F)C(Cc2ccccc2)C(=O)NC(C)CC)S(=O)(=O)c2ccc(Cl)cc2)cc1. The van der Waals surface area contributed by atoms with E-state index < -0.39 is 40.2 Å². The first-order chi connectivity index (χ1) is 22.5. The fraction of sp³-hybridized carbons (Fsp3) is 0.278. The zero-order valence-corrected chi connectivity index (χ0v) is 28.2. The number of rotatable bonds is 15. The predicted molar refractivity (Wildman–Crippen MR) is 182 cm³/mol. The Hall–Kier alpha value is -4.41.